The van der Waals surface area contributed by atoms with Gasteiger partial charge in [-0.3, -0.25) is 9.69 Å². The number of carbonyl (C=O) groups is 1. The fraction of sp³-hybridized carbons (Fsp3) is 0.588. The molecule has 0 unspecified atom stereocenters. The van der Waals surface area contributed by atoms with Crippen LogP contribution in [0.25, 0.3) is 0 Å². The minimum absolute atomic E-state index is 0.0632. The number of nitrogens with zero attached hydrogens (tertiary/aromatic N) is 2. The van der Waals surface area contributed by atoms with Crippen LogP contribution in [-0.4, -0.2) is 64.8 Å². The van der Waals surface area contributed by atoms with Gasteiger partial charge in [0.15, 0.2) is 0 Å². The van der Waals surface area contributed by atoms with Crippen LogP contribution in [0.15, 0.2) is 24.3 Å². The van der Waals surface area contributed by atoms with Crippen molar-refractivity contribution in [2.24, 2.45) is 5.41 Å². The van der Waals surface area contributed by atoms with E-state index >= 15 is 0 Å². The van der Waals surface area contributed by atoms with Crippen molar-refractivity contribution in [1.29, 1.82) is 0 Å². The number of benzene rings is 1. The molecule has 1 amide bonds. The lowest BCUT2D eigenvalue weighted by atomic mass is 10.1. The Morgan fingerprint density at radius 3 is 2.65 bits per heavy atom. The molecule has 0 bridgehead atoms. The lowest BCUT2D eigenvalue weighted by molar-refractivity contribution is -0.139. The summed E-state index contributed by atoms with van der Waals surface area (Å²) in [6, 6.07) is 6.61. The first-order valence-corrected chi connectivity index (χ1v) is 8.08. The largest absolute Gasteiger partial charge is 0.395 e. The predicted octanol–water partition coefficient (Wildman–Crippen LogP) is 0.603. The zero-order valence-electron chi connectivity index (χ0n) is 13.1. The Balaban J connectivity index is 1.64. The van der Waals surface area contributed by atoms with Gasteiger partial charge in [-0.15, -0.1) is 0 Å². The number of aliphatic hydroxyl groups is 2. The molecule has 126 valence electrons. The van der Waals surface area contributed by atoms with Gasteiger partial charge in [-0.2, -0.15) is 0 Å². The number of carbonyl (C=O) groups excluding carboxylic acids is 1. The Hall–Kier alpha value is -1.50. The van der Waals surface area contributed by atoms with Crippen LogP contribution in [0.4, 0.5) is 4.39 Å². The van der Waals surface area contributed by atoms with Crippen molar-refractivity contribution >= 4 is 5.91 Å². The van der Waals surface area contributed by atoms with E-state index in [0.29, 0.717) is 44.6 Å². The molecule has 1 aliphatic carbocycles. The summed E-state index contributed by atoms with van der Waals surface area (Å²) in [7, 11) is 0. The van der Waals surface area contributed by atoms with E-state index < -0.39 is 11.5 Å². The summed E-state index contributed by atoms with van der Waals surface area (Å²) in [5.74, 6) is -0.317. The second-order valence-electron chi connectivity index (χ2n) is 6.67. The number of hydrogen-bond donors (Lipinski definition) is 2. The number of rotatable bonds is 4. The Kier molecular flexibility index (Phi) is 4.66. The van der Waals surface area contributed by atoms with Crippen LogP contribution >= 0.6 is 0 Å². The lowest BCUT2D eigenvalue weighted by Gasteiger charge is -2.26. The molecular formula is C17H23FN2O3. The van der Waals surface area contributed by atoms with E-state index in [0.717, 1.165) is 0 Å². The van der Waals surface area contributed by atoms with E-state index in [2.05, 4.69) is 0 Å². The standard InChI is InChI=1S/C17H23FN2O3/c18-15-4-2-1-3-13(15)9-19-7-8-20(11-14(22)10-19)16(23)17(12-21)5-6-17/h1-4,14,21-22H,5-12H2/t14-/m0/s1. The molecule has 6 heteroatoms. The Bertz CT molecular complexity index is 577. The maximum atomic E-state index is 13.8. The van der Waals surface area contributed by atoms with Crippen molar-refractivity contribution < 1.29 is 19.4 Å². The maximum absolute atomic E-state index is 13.8. The minimum Gasteiger partial charge on any atom is -0.395 e. The molecule has 1 heterocycles. The number of halogens is 1. The summed E-state index contributed by atoms with van der Waals surface area (Å²) in [4.78, 5) is 16.1. The van der Waals surface area contributed by atoms with Crippen molar-refractivity contribution in [1.82, 2.24) is 9.80 Å². The van der Waals surface area contributed by atoms with Crippen LogP contribution in [0.3, 0.4) is 0 Å². The number of β-amino-alcohol motifs (C(OH)–C–C–N with tert-alkyl or cyclic N) is 1. The molecule has 1 saturated heterocycles. The molecule has 1 aliphatic heterocycles. The topological polar surface area (TPSA) is 64.0 Å². The SMILES string of the molecule is O=C(N1CCN(Cc2ccccc2F)C[C@H](O)C1)C1(CO)CC1. The second-order valence-corrected chi connectivity index (χ2v) is 6.67. The molecular weight excluding hydrogens is 299 g/mol. The molecule has 23 heavy (non-hydrogen) atoms. The summed E-state index contributed by atoms with van der Waals surface area (Å²) < 4.78 is 13.8. The highest BCUT2D eigenvalue weighted by molar-refractivity contribution is 5.85. The molecule has 1 saturated carbocycles. The van der Waals surface area contributed by atoms with E-state index in [9.17, 15) is 19.4 Å². The molecule has 1 aromatic carbocycles. The first kappa shape index (κ1) is 16.4. The zero-order chi connectivity index (χ0) is 16.4. The fourth-order valence-corrected chi connectivity index (χ4v) is 3.18. The summed E-state index contributed by atoms with van der Waals surface area (Å²) >= 11 is 0. The molecule has 1 atom stereocenters. The smallest absolute Gasteiger partial charge is 0.231 e. The highest BCUT2D eigenvalue weighted by atomic mass is 19.1. The van der Waals surface area contributed by atoms with Crippen LogP contribution in [0.5, 0.6) is 0 Å². The Morgan fingerprint density at radius 2 is 2.00 bits per heavy atom. The molecule has 5 nitrogen and oxygen atoms in total. The van der Waals surface area contributed by atoms with Crippen molar-refractivity contribution in [3.05, 3.63) is 35.6 Å². The van der Waals surface area contributed by atoms with E-state index in [4.69, 9.17) is 0 Å². The van der Waals surface area contributed by atoms with Gasteiger partial charge < -0.3 is 15.1 Å². The summed E-state index contributed by atoms with van der Waals surface area (Å²) in [5.41, 5.74) is -0.0195. The Morgan fingerprint density at radius 1 is 1.26 bits per heavy atom. The van der Waals surface area contributed by atoms with Crippen LogP contribution in [0.1, 0.15) is 18.4 Å². The fourth-order valence-electron chi connectivity index (χ4n) is 3.18. The summed E-state index contributed by atoms with van der Waals surface area (Å²) in [6.45, 7) is 2.04. The first-order chi connectivity index (χ1) is 11.0. The van der Waals surface area contributed by atoms with Crippen LogP contribution in [-0.2, 0) is 11.3 Å². The van der Waals surface area contributed by atoms with Gasteiger partial charge in [-0.25, -0.2) is 4.39 Å². The van der Waals surface area contributed by atoms with E-state index in [1.54, 1.807) is 23.1 Å². The maximum Gasteiger partial charge on any atom is 0.231 e. The van der Waals surface area contributed by atoms with Gasteiger partial charge in [0, 0.05) is 38.3 Å². The Labute approximate surface area is 135 Å². The normalized spacial score (nSPS) is 24.3. The van der Waals surface area contributed by atoms with Gasteiger partial charge in [0.2, 0.25) is 5.91 Å². The third-order valence-corrected chi connectivity index (χ3v) is 4.84. The zero-order valence-corrected chi connectivity index (χ0v) is 13.1. The second kappa shape index (κ2) is 6.55. The van der Waals surface area contributed by atoms with Crippen molar-refractivity contribution in [3.8, 4) is 0 Å². The third-order valence-electron chi connectivity index (χ3n) is 4.84. The highest BCUT2D eigenvalue weighted by Gasteiger charge is 2.51. The quantitative estimate of drug-likeness (QED) is 0.852. The molecule has 3 rings (SSSR count). The average Bonchev–Trinajstić information content (AvgIpc) is 3.34. The molecule has 0 spiro atoms. The number of amides is 1. The number of hydrogen-bond acceptors (Lipinski definition) is 4. The van der Waals surface area contributed by atoms with Crippen molar-refractivity contribution in [2.45, 2.75) is 25.5 Å². The summed E-state index contributed by atoms with van der Waals surface area (Å²) in [6.07, 6.45) is 0.768. The van der Waals surface area contributed by atoms with Gasteiger partial charge in [-0.05, 0) is 18.9 Å². The van der Waals surface area contributed by atoms with Gasteiger partial charge in [-0.1, -0.05) is 18.2 Å². The van der Waals surface area contributed by atoms with Crippen LogP contribution in [0, 0.1) is 11.2 Å². The average molecular weight is 322 g/mol. The van der Waals surface area contributed by atoms with Gasteiger partial charge in [0.25, 0.3) is 0 Å². The van der Waals surface area contributed by atoms with E-state index in [1.807, 2.05) is 4.90 Å². The van der Waals surface area contributed by atoms with Crippen molar-refractivity contribution in [2.75, 3.05) is 32.8 Å². The molecule has 2 aliphatic rings. The van der Waals surface area contributed by atoms with Crippen LogP contribution < -0.4 is 0 Å². The molecule has 1 aromatic rings. The highest BCUT2D eigenvalue weighted by Crippen LogP contribution is 2.46. The lowest BCUT2D eigenvalue weighted by Crippen LogP contribution is -2.43. The van der Waals surface area contributed by atoms with Crippen LogP contribution in [0.2, 0.25) is 0 Å². The van der Waals surface area contributed by atoms with E-state index in [1.165, 1.54) is 6.07 Å². The molecule has 0 aromatic heterocycles. The van der Waals surface area contributed by atoms with Crippen molar-refractivity contribution in [3.63, 3.8) is 0 Å². The third kappa shape index (κ3) is 3.54. The molecule has 0 radical (unpaired) electrons. The summed E-state index contributed by atoms with van der Waals surface area (Å²) in [5, 5.41) is 19.6. The number of aliphatic hydroxyl groups excluding tert-OH is 2. The minimum atomic E-state index is -0.664. The molecule has 2 N–H and O–H groups in total. The van der Waals surface area contributed by atoms with Gasteiger partial charge in [0.05, 0.1) is 18.1 Å². The van der Waals surface area contributed by atoms with Gasteiger partial charge >= 0.3 is 0 Å². The monoisotopic (exact) mass is 322 g/mol. The van der Waals surface area contributed by atoms with Gasteiger partial charge in [0.1, 0.15) is 5.82 Å². The van der Waals surface area contributed by atoms with E-state index in [-0.39, 0.29) is 24.9 Å². The first-order valence-electron chi connectivity index (χ1n) is 8.08. The predicted molar refractivity (Wildman–Crippen MR) is 83.0 cm³/mol. The molecule has 2 fully saturated rings.